The molecule has 0 aliphatic carbocycles. The summed E-state index contributed by atoms with van der Waals surface area (Å²) < 4.78 is 0. The van der Waals surface area contributed by atoms with E-state index in [9.17, 15) is 5.11 Å². The first kappa shape index (κ1) is 6.53. The molecule has 0 bridgehead atoms. The number of benzene rings is 1. The van der Waals surface area contributed by atoms with Crippen molar-refractivity contribution in [2.75, 3.05) is 11.9 Å². The van der Waals surface area contributed by atoms with Crippen LogP contribution in [0.3, 0.4) is 0 Å². The minimum Gasteiger partial charge on any atom is -0.508 e. The maximum atomic E-state index is 9.19. The fourth-order valence-electron chi connectivity index (χ4n) is 1.49. The first-order chi connectivity index (χ1) is 5.27. The number of phenolic OH excluding ortho intramolecular Hbond substituents is 1. The average Bonchev–Trinajstić information content (AvgIpc) is 2.33. The number of hydrogen-bond acceptors (Lipinski definition) is 2. The van der Waals surface area contributed by atoms with Gasteiger partial charge in [-0.05, 0) is 23.8 Å². The quantitative estimate of drug-likeness (QED) is 0.552. The first-order valence-corrected chi connectivity index (χ1v) is 3.84. The van der Waals surface area contributed by atoms with E-state index in [1.54, 1.807) is 6.07 Å². The third kappa shape index (κ3) is 0.946. The van der Waals surface area contributed by atoms with Gasteiger partial charge in [0.05, 0.1) is 0 Å². The molecule has 0 saturated heterocycles. The van der Waals surface area contributed by atoms with Gasteiger partial charge in [-0.2, -0.15) is 0 Å². The molecule has 1 heterocycles. The van der Waals surface area contributed by atoms with E-state index in [0.717, 1.165) is 12.2 Å². The van der Waals surface area contributed by atoms with Gasteiger partial charge in [0.15, 0.2) is 0 Å². The summed E-state index contributed by atoms with van der Waals surface area (Å²) in [4.78, 5) is 0. The van der Waals surface area contributed by atoms with E-state index in [1.807, 2.05) is 12.1 Å². The lowest BCUT2D eigenvalue weighted by Gasteiger charge is -2.01. The van der Waals surface area contributed by atoms with Crippen molar-refractivity contribution >= 4 is 5.69 Å². The molecule has 0 aromatic heterocycles. The molecule has 58 valence electrons. The molecule has 0 spiro atoms. The Morgan fingerprint density at radius 3 is 3.18 bits per heavy atom. The van der Waals surface area contributed by atoms with Crippen LogP contribution in [0.15, 0.2) is 18.2 Å². The zero-order valence-corrected chi connectivity index (χ0v) is 6.46. The number of hydrogen-bond donors (Lipinski definition) is 2. The highest BCUT2D eigenvalue weighted by Gasteiger charge is 2.17. The summed E-state index contributed by atoms with van der Waals surface area (Å²) in [6, 6.07) is 5.47. The summed E-state index contributed by atoms with van der Waals surface area (Å²) >= 11 is 0. The van der Waals surface area contributed by atoms with Crippen LogP contribution in [0, 0.1) is 0 Å². The summed E-state index contributed by atoms with van der Waals surface area (Å²) in [6.45, 7) is 3.14. The van der Waals surface area contributed by atoms with Crippen LogP contribution in [0.25, 0.3) is 0 Å². The number of nitrogens with one attached hydrogen (secondary N) is 1. The van der Waals surface area contributed by atoms with Crippen LogP contribution in [0.2, 0.25) is 0 Å². The molecule has 1 atom stereocenters. The summed E-state index contributed by atoms with van der Waals surface area (Å²) in [5.41, 5.74) is 2.39. The van der Waals surface area contributed by atoms with Crippen molar-refractivity contribution in [1.29, 1.82) is 0 Å². The number of rotatable bonds is 0. The molecule has 0 amide bonds. The third-order valence-electron chi connectivity index (χ3n) is 2.16. The number of fused-ring (bicyclic) bond motifs is 1. The van der Waals surface area contributed by atoms with E-state index in [2.05, 4.69) is 12.2 Å². The Morgan fingerprint density at radius 1 is 1.55 bits per heavy atom. The van der Waals surface area contributed by atoms with E-state index in [0.29, 0.717) is 11.7 Å². The Balaban J connectivity index is 2.52. The highest BCUT2D eigenvalue weighted by atomic mass is 16.3. The predicted octanol–water partition coefficient (Wildman–Crippen LogP) is 1.92. The standard InChI is InChI=1S/C9H11NO/c1-6-5-10-9-3-2-7(11)4-8(6)9/h2-4,6,10-11H,5H2,1H3/t6-/m1/s1. The Kier molecular flexibility index (Phi) is 1.28. The van der Waals surface area contributed by atoms with E-state index in [4.69, 9.17) is 0 Å². The van der Waals surface area contributed by atoms with E-state index >= 15 is 0 Å². The lowest BCUT2D eigenvalue weighted by Crippen LogP contribution is -1.95. The van der Waals surface area contributed by atoms with Crippen molar-refractivity contribution in [3.05, 3.63) is 23.8 Å². The van der Waals surface area contributed by atoms with Gasteiger partial charge in [-0.1, -0.05) is 6.92 Å². The fraction of sp³-hybridized carbons (Fsp3) is 0.333. The van der Waals surface area contributed by atoms with Crippen LogP contribution in [-0.2, 0) is 0 Å². The molecule has 1 aliphatic rings. The fourth-order valence-corrected chi connectivity index (χ4v) is 1.49. The molecule has 2 rings (SSSR count). The minimum atomic E-state index is 0.360. The topological polar surface area (TPSA) is 32.3 Å². The van der Waals surface area contributed by atoms with Crippen LogP contribution >= 0.6 is 0 Å². The number of anilines is 1. The zero-order valence-electron chi connectivity index (χ0n) is 6.46. The van der Waals surface area contributed by atoms with Crippen LogP contribution in [0.5, 0.6) is 5.75 Å². The smallest absolute Gasteiger partial charge is 0.116 e. The maximum Gasteiger partial charge on any atom is 0.116 e. The normalized spacial score (nSPS) is 21.0. The Morgan fingerprint density at radius 2 is 2.36 bits per heavy atom. The Hall–Kier alpha value is -1.18. The molecular weight excluding hydrogens is 138 g/mol. The van der Waals surface area contributed by atoms with Gasteiger partial charge in [-0.3, -0.25) is 0 Å². The van der Waals surface area contributed by atoms with Gasteiger partial charge in [0.2, 0.25) is 0 Å². The molecule has 0 saturated carbocycles. The highest BCUT2D eigenvalue weighted by Crippen LogP contribution is 2.33. The molecule has 2 N–H and O–H groups in total. The van der Waals surface area contributed by atoms with Gasteiger partial charge in [-0.15, -0.1) is 0 Å². The second-order valence-corrected chi connectivity index (χ2v) is 3.05. The largest absolute Gasteiger partial charge is 0.508 e. The second-order valence-electron chi connectivity index (χ2n) is 3.05. The van der Waals surface area contributed by atoms with Crippen LogP contribution in [-0.4, -0.2) is 11.7 Å². The second kappa shape index (κ2) is 2.16. The molecule has 11 heavy (non-hydrogen) atoms. The monoisotopic (exact) mass is 149 g/mol. The molecular formula is C9H11NO. The molecule has 2 nitrogen and oxygen atoms in total. The Bertz CT molecular complexity index is 283. The van der Waals surface area contributed by atoms with Crippen molar-refractivity contribution in [2.24, 2.45) is 0 Å². The summed E-state index contributed by atoms with van der Waals surface area (Å²) in [6.07, 6.45) is 0. The van der Waals surface area contributed by atoms with Gasteiger partial charge >= 0.3 is 0 Å². The number of phenols is 1. The number of aromatic hydroxyl groups is 1. The third-order valence-corrected chi connectivity index (χ3v) is 2.16. The van der Waals surface area contributed by atoms with Crippen molar-refractivity contribution in [3.63, 3.8) is 0 Å². The predicted molar refractivity (Wildman–Crippen MR) is 45.0 cm³/mol. The van der Waals surface area contributed by atoms with Crippen molar-refractivity contribution in [2.45, 2.75) is 12.8 Å². The van der Waals surface area contributed by atoms with Crippen LogP contribution in [0.4, 0.5) is 5.69 Å². The molecule has 1 aliphatic heterocycles. The van der Waals surface area contributed by atoms with Gasteiger partial charge in [-0.25, -0.2) is 0 Å². The first-order valence-electron chi connectivity index (χ1n) is 3.84. The van der Waals surface area contributed by atoms with E-state index in [-0.39, 0.29) is 0 Å². The molecule has 1 aromatic rings. The van der Waals surface area contributed by atoms with Gasteiger partial charge in [0.25, 0.3) is 0 Å². The zero-order chi connectivity index (χ0) is 7.84. The van der Waals surface area contributed by atoms with Crippen molar-refractivity contribution < 1.29 is 5.11 Å². The molecule has 1 aromatic carbocycles. The maximum absolute atomic E-state index is 9.19. The average molecular weight is 149 g/mol. The SMILES string of the molecule is C[C@@H]1CNc2ccc(O)cc21. The highest BCUT2D eigenvalue weighted by molar-refractivity contribution is 5.59. The van der Waals surface area contributed by atoms with Crippen molar-refractivity contribution in [3.8, 4) is 5.75 Å². The van der Waals surface area contributed by atoms with Gasteiger partial charge in [0, 0.05) is 18.2 Å². The summed E-state index contributed by atoms with van der Waals surface area (Å²) in [7, 11) is 0. The van der Waals surface area contributed by atoms with Crippen LogP contribution in [0.1, 0.15) is 18.4 Å². The van der Waals surface area contributed by atoms with E-state index < -0.39 is 0 Å². The lowest BCUT2D eigenvalue weighted by atomic mass is 10.0. The lowest BCUT2D eigenvalue weighted by molar-refractivity contribution is 0.474. The Labute approximate surface area is 65.9 Å². The van der Waals surface area contributed by atoms with Gasteiger partial charge in [0.1, 0.15) is 5.75 Å². The van der Waals surface area contributed by atoms with E-state index in [1.165, 1.54) is 5.56 Å². The summed E-state index contributed by atoms with van der Waals surface area (Å²) in [5.74, 6) is 0.886. The molecule has 0 fully saturated rings. The minimum absolute atomic E-state index is 0.360. The molecule has 0 unspecified atom stereocenters. The molecule has 2 heteroatoms. The molecule has 0 radical (unpaired) electrons. The van der Waals surface area contributed by atoms with Crippen molar-refractivity contribution in [1.82, 2.24) is 0 Å². The van der Waals surface area contributed by atoms with Crippen LogP contribution < -0.4 is 5.32 Å². The van der Waals surface area contributed by atoms with Gasteiger partial charge < -0.3 is 10.4 Å². The summed E-state index contributed by atoms with van der Waals surface area (Å²) in [5, 5.41) is 12.5.